The van der Waals surface area contributed by atoms with Crippen molar-refractivity contribution in [1.82, 2.24) is 10.3 Å². The number of nitrogens with zero attached hydrogens (tertiary/aromatic N) is 1. The van der Waals surface area contributed by atoms with E-state index in [0.717, 1.165) is 17.0 Å². The van der Waals surface area contributed by atoms with Crippen LogP contribution in [-0.2, 0) is 6.54 Å². The van der Waals surface area contributed by atoms with Crippen LogP contribution in [0, 0.1) is 5.82 Å². The summed E-state index contributed by atoms with van der Waals surface area (Å²) in [5, 5.41) is 6.46. The summed E-state index contributed by atoms with van der Waals surface area (Å²) in [4.78, 5) is 4.30. The second-order valence-corrected chi connectivity index (χ2v) is 4.77. The normalized spacial score (nSPS) is 12.6. The molecule has 0 bridgehead atoms. The number of hydrogen-bond acceptors (Lipinski definition) is 3. The number of aromatic nitrogens is 1. The quantitative estimate of drug-likeness (QED) is 0.878. The predicted octanol–water partition coefficient (Wildman–Crippen LogP) is 3.52. The van der Waals surface area contributed by atoms with Gasteiger partial charge in [-0.2, -0.15) is 0 Å². The molecule has 1 aromatic heterocycles. The van der Waals surface area contributed by atoms with E-state index in [0.29, 0.717) is 6.54 Å². The van der Waals surface area contributed by atoms with E-state index in [1.807, 2.05) is 17.6 Å². The second-order valence-electron chi connectivity index (χ2n) is 3.84. The summed E-state index contributed by atoms with van der Waals surface area (Å²) in [5.74, 6) is -0.188. The Morgan fingerprint density at radius 3 is 3.00 bits per heavy atom. The molecule has 17 heavy (non-hydrogen) atoms. The zero-order chi connectivity index (χ0) is 12.1. The number of thiazole rings is 1. The first kappa shape index (κ1) is 12.2. The summed E-state index contributed by atoms with van der Waals surface area (Å²) in [5.41, 5.74) is 0.958. The van der Waals surface area contributed by atoms with Crippen molar-refractivity contribution >= 4 is 11.3 Å². The highest BCUT2D eigenvalue weighted by Gasteiger charge is 2.10. The van der Waals surface area contributed by atoms with E-state index in [1.165, 1.54) is 6.07 Å². The molecule has 4 heteroatoms. The van der Waals surface area contributed by atoms with Crippen LogP contribution < -0.4 is 5.32 Å². The van der Waals surface area contributed by atoms with Crippen LogP contribution in [0.1, 0.15) is 30.0 Å². The van der Waals surface area contributed by atoms with Crippen molar-refractivity contribution in [2.45, 2.75) is 25.9 Å². The lowest BCUT2D eigenvalue weighted by Crippen LogP contribution is -2.20. The number of rotatable bonds is 5. The fourth-order valence-corrected chi connectivity index (χ4v) is 2.50. The van der Waals surface area contributed by atoms with Gasteiger partial charge in [0.15, 0.2) is 0 Å². The van der Waals surface area contributed by atoms with Crippen LogP contribution in [0.4, 0.5) is 4.39 Å². The molecule has 1 atom stereocenters. The third kappa shape index (κ3) is 3.35. The van der Waals surface area contributed by atoms with Crippen LogP contribution in [0.15, 0.2) is 35.8 Å². The van der Waals surface area contributed by atoms with Crippen LogP contribution >= 0.6 is 11.3 Å². The topological polar surface area (TPSA) is 24.9 Å². The van der Waals surface area contributed by atoms with Crippen LogP contribution in [0.25, 0.3) is 0 Å². The molecule has 0 saturated carbocycles. The van der Waals surface area contributed by atoms with Gasteiger partial charge in [-0.1, -0.05) is 19.1 Å². The summed E-state index contributed by atoms with van der Waals surface area (Å²) in [6.07, 6.45) is 2.79. The fourth-order valence-electron chi connectivity index (χ4n) is 1.70. The Labute approximate surface area is 105 Å². The number of hydrogen-bond donors (Lipinski definition) is 1. The Balaban J connectivity index is 1.97. The molecule has 2 rings (SSSR count). The number of benzene rings is 1. The van der Waals surface area contributed by atoms with E-state index in [4.69, 9.17) is 0 Å². The lowest BCUT2D eigenvalue weighted by atomic mass is 10.2. The minimum Gasteiger partial charge on any atom is -0.304 e. The lowest BCUT2D eigenvalue weighted by Gasteiger charge is -2.14. The van der Waals surface area contributed by atoms with E-state index in [-0.39, 0.29) is 11.9 Å². The molecule has 2 nitrogen and oxygen atoms in total. The van der Waals surface area contributed by atoms with Crippen LogP contribution in [0.5, 0.6) is 0 Å². The van der Waals surface area contributed by atoms with Gasteiger partial charge in [-0.05, 0) is 24.1 Å². The van der Waals surface area contributed by atoms with Crippen molar-refractivity contribution in [3.05, 3.63) is 52.2 Å². The van der Waals surface area contributed by atoms with E-state index in [9.17, 15) is 4.39 Å². The molecule has 1 heterocycles. The lowest BCUT2D eigenvalue weighted by molar-refractivity contribution is 0.515. The zero-order valence-corrected chi connectivity index (χ0v) is 10.5. The molecule has 2 aromatic rings. The number of nitrogens with one attached hydrogen (secondary N) is 1. The van der Waals surface area contributed by atoms with Crippen molar-refractivity contribution in [3.63, 3.8) is 0 Å². The largest absolute Gasteiger partial charge is 0.304 e. The summed E-state index contributed by atoms with van der Waals surface area (Å²) in [6.45, 7) is 2.78. The van der Waals surface area contributed by atoms with Gasteiger partial charge in [-0.3, -0.25) is 0 Å². The Bertz CT molecular complexity index is 456. The van der Waals surface area contributed by atoms with Gasteiger partial charge >= 0.3 is 0 Å². The highest BCUT2D eigenvalue weighted by Crippen LogP contribution is 2.19. The van der Waals surface area contributed by atoms with Crippen LogP contribution in [0.3, 0.4) is 0 Å². The smallest absolute Gasteiger partial charge is 0.123 e. The summed E-state index contributed by atoms with van der Waals surface area (Å²) in [6, 6.07) is 6.92. The molecular formula is C13H15FN2S. The third-order valence-electron chi connectivity index (χ3n) is 2.60. The standard InChI is InChI=1S/C13H15FN2S/c1-2-12(13-15-6-7-17-13)16-9-10-4-3-5-11(14)8-10/h3-8,12,16H,2,9H2,1H3. The second kappa shape index (κ2) is 5.89. The van der Waals surface area contributed by atoms with E-state index in [1.54, 1.807) is 23.5 Å². The molecule has 1 N–H and O–H groups in total. The maximum Gasteiger partial charge on any atom is 0.123 e. The molecule has 0 aliphatic rings. The third-order valence-corrected chi connectivity index (χ3v) is 3.49. The predicted molar refractivity (Wildman–Crippen MR) is 68.4 cm³/mol. The van der Waals surface area contributed by atoms with Crippen LogP contribution in [-0.4, -0.2) is 4.98 Å². The van der Waals surface area contributed by atoms with Gasteiger partial charge in [0.25, 0.3) is 0 Å². The monoisotopic (exact) mass is 250 g/mol. The van der Waals surface area contributed by atoms with Crippen molar-refractivity contribution in [1.29, 1.82) is 0 Å². The molecule has 1 aromatic carbocycles. The van der Waals surface area contributed by atoms with Gasteiger partial charge in [0.1, 0.15) is 10.8 Å². The molecule has 0 spiro atoms. The molecule has 90 valence electrons. The van der Waals surface area contributed by atoms with Gasteiger partial charge in [0.05, 0.1) is 6.04 Å². The SMILES string of the molecule is CCC(NCc1cccc(F)c1)c1nccs1. The Morgan fingerprint density at radius 1 is 1.47 bits per heavy atom. The first-order valence-corrected chi connectivity index (χ1v) is 6.54. The van der Waals surface area contributed by atoms with Crippen molar-refractivity contribution in [2.24, 2.45) is 0 Å². The average Bonchev–Trinajstić information content (AvgIpc) is 2.84. The maximum absolute atomic E-state index is 13.0. The van der Waals surface area contributed by atoms with Crippen molar-refractivity contribution < 1.29 is 4.39 Å². The van der Waals surface area contributed by atoms with E-state index < -0.39 is 0 Å². The molecular weight excluding hydrogens is 235 g/mol. The molecule has 0 saturated heterocycles. The molecule has 1 unspecified atom stereocenters. The Morgan fingerprint density at radius 2 is 2.35 bits per heavy atom. The fraction of sp³-hybridized carbons (Fsp3) is 0.308. The molecule has 0 aliphatic carbocycles. The Hall–Kier alpha value is -1.26. The van der Waals surface area contributed by atoms with Gasteiger partial charge in [-0.25, -0.2) is 9.37 Å². The summed E-state index contributed by atoms with van der Waals surface area (Å²) in [7, 11) is 0. The first-order chi connectivity index (χ1) is 8.29. The average molecular weight is 250 g/mol. The minimum absolute atomic E-state index is 0.188. The number of halogens is 1. The first-order valence-electron chi connectivity index (χ1n) is 5.67. The molecule has 0 radical (unpaired) electrons. The molecule has 0 fully saturated rings. The van der Waals surface area contributed by atoms with Gasteiger partial charge in [0.2, 0.25) is 0 Å². The van der Waals surface area contributed by atoms with Crippen molar-refractivity contribution in [2.75, 3.05) is 0 Å². The highest BCUT2D eigenvalue weighted by atomic mass is 32.1. The molecule has 0 aliphatic heterocycles. The summed E-state index contributed by atoms with van der Waals surface area (Å²) >= 11 is 1.65. The van der Waals surface area contributed by atoms with Gasteiger partial charge in [-0.15, -0.1) is 11.3 Å². The van der Waals surface area contributed by atoms with Crippen molar-refractivity contribution in [3.8, 4) is 0 Å². The highest BCUT2D eigenvalue weighted by molar-refractivity contribution is 7.09. The van der Waals surface area contributed by atoms with Crippen LogP contribution in [0.2, 0.25) is 0 Å². The van der Waals surface area contributed by atoms with Gasteiger partial charge < -0.3 is 5.32 Å². The van der Waals surface area contributed by atoms with E-state index >= 15 is 0 Å². The minimum atomic E-state index is -0.188. The summed E-state index contributed by atoms with van der Waals surface area (Å²) < 4.78 is 13.0. The maximum atomic E-state index is 13.0. The zero-order valence-electron chi connectivity index (χ0n) is 9.69. The Kier molecular flexibility index (Phi) is 4.23. The van der Waals surface area contributed by atoms with E-state index in [2.05, 4.69) is 17.2 Å². The van der Waals surface area contributed by atoms with Gasteiger partial charge in [0, 0.05) is 18.1 Å². The molecule has 0 amide bonds.